The molecule has 0 amide bonds. The molecular formula is C26H33ClO4. The fraction of sp³-hybridized carbons (Fsp3) is 0.462. The molecule has 0 heterocycles. The van der Waals surface area contributed by atoms with Crippen molar-refractivity contribution < 1.29 is 19.1 Å². The number of esters is 2. The van der Waals surface area contributed by atoms with Crippen molar-refractivity contribution in [3.05, 3.63) is 71.8 Å². The van der Waals surface area contributed by atoms with E-state index in [4.69, 9.17) is 21.1 Å². The maximum atomic E-state index is 12.9. The molecule has 0 aliphatic carbocycles. The SMILES string of the molecule is COC(=O)C(C)(Cl)CC(C)(CC(CC(C)c1ccccc1)c1ccccc1)C(=O)OC. The van der Waals surface area contributed by atoms with Crippen LogP contribution >= 0.6 is 11.6 Å². The third kappa shape index (κ3) is 6.57. The Bertz CT molecular complexity index is 850. The second kappa shape index (κ2) is 10.8. The van der Waals surface area contributed by atoms with E-state index in [1.807, 2.05) is 43.3 Å². The fourth-order valence-corrected chi connectivity index (χ4v) is 4.81. The standard InChI is InChI=1S/C26H33ClO4/c1-19(20-12-8-6-9-13-20)16-22(21-14-10-7-11-15-21)17-25(2,23(28)30-4)18-26(3,27)24(29)31-5/h6-15,19,22H,16-18H2,1-5H3. The summed E-state index contributed by atoms with van der Waals surface area (Å²) in [6.45, 7) is 5.61. The Hall–Kier alpha value is -2.33. The van der Waals surface area contributed by atoms with E-state index in [9.17, 15) is 9.59 Å². The normalized spacial score (nSPS) is 17.0. The summed E-state index contributed by atoms with van der Waals surface area (Å²) in [4.78, 5) is 23.8. The first-order valence-electron chi connectivity index (χ1n) is 10.6. The van der Waals surface area contributed by atoms with Crippen LogP contribution in [0.15, 0.2) is 60.7 Å². The lowest BCUT2D eigenvalue weighted by atomic mass is 9.70. The Morgan fingerprint density at radius 2 is 1.35 bits per heavy atom. The first kappa shape index (κ1) is 24.9. The van der Waals surface area contributed by atoms with Crippen LogP contribution in [0.1, 0.15) is 63.0 Å². The molecule has 0 aliphatic rings. The van der Waals surface area contributed by atoms with Crippen molar-refractivity contribution in [2.45, 2.75) is 56.7 Å². The van der Waals surface area contributed by atoms with Crippen molar-refractivity contribution in [3.63, 3.8) is 0 Å². The van der Waals surface area contributed by atoms with Gasteiger partial charge in [-0.05, 0) is 56.1 Å². The topological polar surface area (TPSA) is 52.6 Å². The molecule has 168 valence electrons. The van der Waals surface area contributed by atoms with Crippen molar-refractivity contribution in [2.24, 2.45) is 5.41 Å². The number of carbonyl (C=O) groups excluding carboxylic acids is 2. The second-order valence-electron chi connectivity index (χ2n) is 8.78. The molecule has 2 aromatic carbocycles. The zero-order valence-electron chi connectivity index (χ0n) is 19.1. The van der Waals surface area contributed by atoms with E-state index in [0.29, 0.717) is 6.42 Å². The predicted molar refractivity (Wildman–Crippen MR) is 124 cm³/mol. The van der Waals surface area contributed by atoms with E-state index in [0.717, 1.165) is 12.0 Å². The number of benzene rings is 2. The summed E-state index contributed by atoms with van der Waals surface area (Å²) in [5.74, 6) is -0.573. The molecule has 0 spiro atoms. The second-order valence-corrected chi connectivity index (χ2v) is 9.61. The Morgan fingerprint density at radius 3 is 1.84 bits per heavy atom. The third-order valence-corrected chi connectivity index (χ3v) is 6.27. The molecule has 0 aromatic heterocycles. The lowest BCUT2D eigenvalue weighted by Gasteiger charge is -2.36. The fourth-order valence-electron chi connectivity index (χ4n) is 4.44. The summed E-state index contributed by atoms with van der Waals surface area (Å²) in [5.41, 5.74) is 1.44. The first-order valence-corrected chi connectivity index (χ1v) is 11.0. The van der Waals surface area contributed by atoms with Crippen LogP contribution < -0.4 is 0 Å². The van der Waals surface area contributed by atoms with Crippen molar-refractivity contribution in [1.29, 1.82) is 0 Å². The summed E-state index contributed by atoms with van der Waals surface area (Å²) in [6, 6.07) is 20.5. The highest BCUT2D eigenvalue weighted by molar-refractivity contribution is 6.33. The number of hydrogen-bond acceptors (Lipinski definition) is 4. The molecule has 0 saturated carbocycles. The Morgan fingerprint density at radius 1 is 0.871 bits per heavy atom. The molecule has 2 rings (SSSR count). The monoisotopic (exact) mass is 444 g/mol. The van der Waals surface area contributed by atoms with E-state index in [1.165, 1.54) is 19.8 Å². The zero-order valence-corrected chi connectivity index (χ0v) is 19.8. The van der Waals surface area contributed by atoms with Gasteiger partial charge in [-0.15, -0.1) is 11.6 Å². The van der Waals surface area contributed by atoms with Gasteiger partial charge in [-0.2, -0.15) is 0 Å². The molecule has 31 heavy (non-hydrogen) atoms. The van der Waals surface area contributed by atoms with Crippen molar-refractivity contribution in [3.8, 4) is 0 Å². The molecule has 4 atom stereocenters. The third-order valence-electron chi connectivity index (χ3n) is 5.99. The van der Waals surface area contributed by atoms with Gasteiger partial charge in [0, 0.05) is 0 Å². The minimum absolute atomic E-state index is 0.0746. The summed E-state index contributed by atoms with van der Waals surface area (Å²) in [5, 5.41) is 0. The van der Waals surface area contributed by atoms with Gasteiger partial charge in [0.1, 0.15) is 4.87 Å². The Kier molecular flexibility index (Phi) is 8.69. The summed E-state index contributed by atoms with van der Waals surface area (Å²) in [7, 11) is 2.67. The largest absolute Gasteiger partial charge is 0.469 e. The van der Waals surface area contributed by atoms with E-state index >= 15 is 0 Å². The molecule has 0 radical (unpaired) electrons. The minimum Gasteiger partial charge on any atom is -0.469 e. The minimum atomic E-state index is -1.33. The highest BCUT2D eigenvalue weighted by Gasteiger charge is 2.46. The van der Waals surface area contributed by atoms with Crippen LogP contribution in [0.25, 0.3) is 0 Å². The van der Waals surface area contributed by atoms with Crippen LogP contribution in [0.5, 0.6) is 0 Å². The van der Waals surface area contributed by atoms with Gasteiger partial charge in [-0.25, -0.2) is 0 Å². The predicted octanol–water partition coefficient (Wildman–Crippen LogP) is 6.09. The summed E-state index contributed by atoms with van der Waals surface area (Å²) >= 11 is 6.52. The van der Waals surface area contributed by atoms with E-state index in [-0.39, 0.29) is 24.2 Å². The van der Waals surface area contributed by atoms with Crippen LogP contribution in [0, 0.1) is 5.41 Å². The van der Waals surface area contributed by atoms with Crippen LogP contribution in [0.4, 0.5) is 0 Å². The highest BCUT2D eigenvalue weighted by atomic mass is 35.5. The quantitative estimate of drug-likeness (QED) is 0.328. The maximum absolute atomic E-state index is 12.9. The van der Waals surface area contributed by atoms with E-state index < -0.39 is 16.3 Å². The van der Waals surface area contributed by atoms with Crippen LogP contribution in [-0.2, 0) is 19.1 Å². The summed E-state index contributed by atoms with van der Waals surface area (Å²) < 4.78 is 10.0. The molecule has 0 bridgehead atoms. The van der Waals surface area contributed by atoms with Gasteiger partial charge in [-0.3, -0.25) is 9.59 Å². The smallest absolute Gasteiger partial charge is 0.326 e. The van der Waals surface area contributed by atoms with Crippen molar-refractivity contribution >= 4 is 23.5 Å². The van der Waals surface area contributed by atoms with Gasteiger partial charge in [0.25, 0.3) is 0 Å². The molecule has 0 fully saturated rings. The summed E-state index contributed by atoms with van der Waals surface area (Å²) in [6.07, 6.45) is 1.46. The number of methoxy groups -OCH3 is 2. The Balaban J connectivity index is 2.38. The van der Waals surface area contributed by atoms with E-state index in [1.54, 1.807) is 6.92 Å². The molecule has 0 N–H and O–H groups in total. The molecule has 0 aliphatic heterocycles. The van der Waals surface area contributed by atoms with Crippen LogP contribution in [0.2, 0.25) is 0 Å². The van der Waals surface area contributed by atoms with Crippen molar-refractivity contribution in [2.75, 3.05) is 14.2 Å². The number of rotatable bonds is 10. The average molecular weight is 445 g/mol. The first-order chi connectivity index (χ1) is 14.6. The van der Waals surface area contributed by atoms with Gasteiger partial charge in [-0.1, -0.05) is 67.6 Å². The lowest BCUT2D eigenvalue weighted by molar-refractivity contribution is -0.155. The van der Waals surface area contributed by atoms with Gasteiger partial charge in [0.2, 0.25) is 0 Å². The molecule has 4 unspecified atom stereocenters. The van der Waals surface area contributed by atoms with Gasteiger partial charge in [0.15, 0.2) is 0 Å². The number of halogens is 1. The van der Waals surface area contributed by atoms with Crippen LogP contribution in [-0.4, -0.2) is 31.0 Å². The molecule has 0 saturated heterocycles. The zero-order chi connectivity index (χ0) is 23.1. The molecular weight excluding hydrogens is 412 g/mol. The maximum Gasteiger partial charge on any atom is 0.326 e. The number of ether oxygens (including phenoxy) is 2. The molecule has 2 aromatic rings. The average Bonchev–Trinajstić information content (AvgIpc) is 2.78. The number of hydrogen-bond donors (Lipinski definition) is 0. The number of carbonyl (C=O) groups is 2. The van der Waals surface area contributed by atoms with Crippen molar-refractivity contribution in [1.82, 2.24) is 0 Å². The lowest BCUT2D eigenvalue weighted by Crippen LogP contribution is -2.42. The molecule has 5 heteroatoms. The number of alkyl halides is 1. The Labute approximate surface area is 190 Å². The highest BCUT2D eigenvalue weighted by Crippen LogP contribution is 2.44. The van der Waals surface area contributed by atoms with Gasteiger partial charge in [0.05, 0.1) is 19.6 Å². The van der Waals surface area contributed by atoms with E-state index in [2.05, 4.69) is 31.2 Å². The van der Waals surface area contributed by atoms with Crippen LogP contribution in [0.3, 0.4) is 0 Å². The van der Waals surface area contributed by atoms with Gasteiger partial charge >= 0.3 is 11.9 Å². The molecule has 4 nitrogen and oxygen atoms in total. The van der Waals surface area contributed by atoms with Gasteiger partial charge < -0.3 is 9.47 Å².